The number of carbonyl (C=O) groups excluding carboxylic acids is 4. The monoisotopic (exact) mass is 1110 g/mol. The van der Waals surface area contributed by atoms with Crippen molar-refractivity contribution in [3.63, 3.8) is 0 Å². The van der Waals surface area contributed by atoms with Gasteiger partial charge in [0, 0.05) is 48.5 Å². The number of pyridine rings is 1. The number of carbonyl (C=O) groups is 4. The number of esters is 1. The van der Waals surface area contributed by atoms with Crippen LogP contribution in [0.2, 0.25) is 0 Å². The molecule has 428 valence electrons. The number of nitrogens with one attached hydrogen (secondary N) is 2. The lowest BCUT2D eigenvalue weighted by Crippen LogP contribution is -2.63. The van der Waals surface area contributed by atoms with Gasteiger partial charge in [0.2, 0.25) is 5.78 Å². The van der Waals surface area contributed by atoms with Crippen LogP contribution in [0.25, 0.3) is 0 Å². The van der Waals surface area contributed by atoms with Crippen LogP contribution in [-0.4, -0.2) is 107 Å². The van der Waals surface area contributed by atoms with Gasteiger partial charge >= 0.3 is 13.8 Å². The lowest BCUT2D eigenvalue weighted by atomic mass is 9.46. The molecule has 5 aliphatic carbocycles. The maximum absolute atomic E-state index is 14.9. The zero-order valence-electron chi connectivity index (χ0n) is 45.8. The van der Waals surface area contributed by atoms with Crippen molar-refractivity contribution in [2.75, 3.05) is 39.5 Å². The molecule has 5 unspecified atom stereocenters. The molecule has 6 aliphatic rings. The number of allylic oxidation sites excluding steroid dienone is 4. The molecular weight excluding hydrogens is 1030 g/mol. The molecule has 1 amide bonds. The average Bonchev–Trinajstić information content (AvgIpc) is 4.13. The number of rotatable bonds is 26. The zero-order chi connectivity index (χ0) is 55.8. The van der Waals surface area contributed by atoms with E-state index in [1.807, 2.05) is 19.1 Å². The van der Waals surface area contributed by atoms with Gasteiger partial charge in [-0.2, -0.15) is 4.57 Å². The Hall–Kier alpha value is -4.94. The predicted octanol–water partition coefficient (Wildman–Crippen LogP) is 7.51. The number of amides is 1. The Balaban J connectivity index is 0.764. The first-order chi connectivity index (χ1) is 38.0. The van der Waals surface area contributed by atoms with E-state index >= 15 is 0 Å². The number of phosphoric ester groups is 1. The van der Waals surface area contributed by atoms with Crippen LogP contribution in [0.4, 0.5) is 0 Å². The van der Waals surface area contributed by atoms with Gasteiger partial charge < -0.3 is 44.3 Å². The van der Waals surface area contributed by atoms with Gasteiger partial charge in [-0.05, 0) is 130 Å². The Labute approximate surface area is 464 Å². The van der Waals surface area contributed by atoms with Crippen molar-refractivity contribution in [3.8, 4) is 5.75 Å². The molecule has 5 fully saturated rings. The summed E-state index contributed by atoms with van der Waals surface area (Å²) in [6.07, 6.45) is 20.0. The molecule has 1 aromatic heterocycles. The summed E-state index contributed by atoms with van der Waals surface area (Å²) in [5.74, 6) is -2.11. The Kier molecular flexibility index (Phi) is 19.2. The third-order valence-electron chi connectivity index (χ3n) is 18.2. The number of phosphoric acid groups is 1. The average molecular weight is 1110 g/mol. The molecule has 10 atom stereocenters. The van der Waals surface area contributed by atoms with Crippen LogP contribution >= 0.6 is 7.82 Å². The van der Waals surface area contributed by atoms with Crippen molar-refractivity contribution in [1.82, 2.24) is 10.6 Å². The molecule has 17 nitrogen and oxygen atoms in total. The topological polar surface area (TPSA) is 240 Å². The SMILES string of the molecule is C[C@]12C=CC(=O)C=C1CCC1C2C(O)C[C@@]2(C)C1C[C@@H]1O[C@@H](C3CCCCC3)O[C@]12C(=O)COC(=O)CNC(=O)c1ccc[n+](Cc2cc(C(O)CNCCCCCCOCCCCc3ccccc3)ccc2OP(=O)(O)O)c1. The summed E-state index contributed by atoms with van der Waals surface area (Å²) in [6.45, 7) is 5.43. The van der Waals surface area contributed by atoms with E-state index in [2.05, 4.69) is 41.8 Å². The number of benzene rings is 2. The second kappa shape index (κ2) is 25.9. The molecule has 0 bridgehead atoms. The number of aliphatic hydroxyl groups is 2. The number of unbranched alkanes of at least 4 members (excludes halogenated alkanes) is 4. The molecular formula is C61H81N3O14P+. The Morgan fingerprint density at radius 1 is 0.937 bits per heavy atom. The first-order valence-corrected chi connectivity index (χ1v) is 30.3. The van der Waals surface area contributed by atoms with Gasteiger partial charge in [-0.25, -0.2) is 4.57 Å². The number of hydrogen-bond donors (Lipinski definition) is 6. The molecule has 0 spiro atoms. The molecule has 18 heteroatoms. The minimum atomic E-state index is -4.97. The number of nitrogens with zero attached hydrogens (tertiary/aromatic N) is 1. The summed E-state index contributed by atoms with van der Waals surface area (Å²) in [5.41, 5.74) is 0.544. The summed E-state index contributed by atoms with van der Waals surface area (Å²) >= 11 is 0. The van der Waals surface area contributed by atoms with Gasteiger partial charge in [0.1, 0.15) is 17.9 Å². The van der Waals surface area contributed by atoms with Gasteiger partial charge in [-0.3, -0.25) is 29.0 Å². The lowest BCUT2D eigenvalue weighted by Gasteiger charge is -2.59. The molecule has 4 saturated carbocycles. The number of aryl methyl sites for hydroxylation is 1. The summed E-state index contributed by atoms with van der Waals surface area (Å²) in [4.78, 5) is 73.7. The number of aliphatic hydroxyl groups excluding tert-OH is 2. The van der Waals surface area contributed by atoms with E-state index in [4.69, 9.17) is 23.5 Å². The number of ketones is 2. The number of fused-ring (bicyclic) bond motifs is 7. The van der Waals surface area contributed by atoms with Crippen molar-refractivity contribution < 1.29 is 71.8 Å². The van der Waals surface area contributed by atoms with Crippen molar-refractivity contribution in [2.24, 2.45) is 34.5 Å². The second-order valence-electron chi connectivity index (χ2n) is 23.4. The molecule has 1 aliphatic heterocycles. The van der Waals surface area contributed by atoms with Crippen molar-refractivity contribution >= 4 is 31.3 Å². The highest BCUT2D eigenvalue weighted by atomic mass is 31.2. The Morgan fingerprint density at radius 3 is 2.49 bits per heavy atom. The first-order valence-electron chi connectivity index (χ1n) is 28.8. The summed E-state index contributed by atoms with van der Waals surface area (Å²) < 4.78 is 43.9. The molecule has 3 aromatic rings. The molecule has 9 rings (SSSR count). The fourth-order valence-electron chi connectivity index (χ4n) is 14.3. The van der Waals surface area contributed by atoms with Crippen LogP contribution in [0.5, 0.6) is 5.75 Å². The van der Waals surface area contributed by atoms with Crippen LogP contribution in [0.3, 0.4) is 0 Å². The van der Waals surface area contributed by atoms with Gasteiger partial charge in [-0.1, -0.05) is 94.0 Å². The molecule has 2 aromatic carbocycles. The predicted molar refractivity (Wildman–Crippen MR) is 292 cm³/mol. The van der Waals surface area contributed by atoms with Crippen LogP contribution in [0.1, 0.15) is 143 Å². The number of aromatic nitrogens is 1. The maximum atomic E-state index is 14.9. The Morgan fingerprint density at radius 2 is 1.71 bits per heavy atom. The fourth-order valence-corrected chi connectivity index (χ4v) is 14.7. The quantitative estimate of drug-likeness (QED) is 0.0197. The van der Waals surface area contributed by atoms with E-state index in [0.717, 1.165) is 102 Å². The van der Waals surface area contributed by atoms with E-state index in [1.165, 1.54) is 23.9 Å². The van der Waals surface area contributed by atoms with Crippen LogP contribution in [-0.2, 0) is 50.9 Å². The lowest BCUT2D eigenvalue weighted by molar-refractivity contribution is -0.688. The number of hydrogen-bond acceptors (Lipinski definition) is 13. The highest BCUT2D eigenvalue weighted by Gasteiger charge is 2.76. The van der Waals surface area contributed by atoms with Gasteiger partial charge in [-0.15, -0.1) is 0 Å². The van der Waals surface area contributed by atoms with Gasteiger partial charge in [0.05, 0.1) is 23.9 Å². The Bertz CT molecular complexity index is 2740. The maximum Gasteiger partial charge on any atom is 0.524 e. The van der Waals surface area contributed by atoms with Crippen LogP contribution < -0.4 is 19.7 Å². The van der Waals surface area contributed by atoms with E-state index < -0.39 is 79.7 Å². The van der Waals surface area contributed by atoms with Crippen LogP contribution in [0, 0.1) is 34.5 Å². The second-order valence-corrected chi connectivity index (χ2v) is 24.5. The smallest absolute Gasteiger partial charge is 0.456 e. The van der Waals surface area contributed by atoms with Crippen molar-refractivity contribution in [1.29, 1.82) is 0 Å². The normalized spacial score (nSPS) is 28.7. The van der Waals surface area contributed by atoms with E-state index in [1.54, 1.807) is 41.1 Å². The largest absolute Gasteiger partial charge is 0.524 e. The van der Waals surface area contributed by atoms with Gasteiger partial charge in [0.25, 0.3) is 5.91 Å². The summed E-state index contributed by atoms with van der Waals surface area (Å²) in [6, 6.07) is 18.2. The minimum absolute atomic E-state index is 0.00417. The third kappa shape index (κ3) is 13.5. The highest BCUT2D eigenvalue weighted by molar-refractivity contribution is 7.46. The number of Topliss-reactive ketones (excluding diaryl/α,β-unsaturated/α-hetero) is 1. The van der Waals surface area contributed by atoms with Crippen LogP contribution in [0.15, 0.2) is 96.9 Å². The van der Waals surface area contributed by atoms with Gasteiger partial charge in [0.15, 0.2) is 43.2 Å². The van der Waals surface area contributed by atoms with E-state index in [0.29, 0.717) is 30.5 Å². The standard InChI is InChI=1S/C61H80N3O14P/c1-59-27-26-47(65)33-46(59)23-24-48-49-34-54-61(60(49,2)35-50(66)56(48)59,77-58(76-54)42-19-9-6-10-20-42)53(68)40-75-55(69)37-63-57(70)44-21-15-29-64(38-44)39-45-32-43(22-25-52(45)78-79(71,72)73)51(67)36-62-28-12-3-4-13-30-74-31-14-11-18-41-16-7-5-8-17-41/h5,7-8,15-17,21-22,25-27,29,32-33,38,42,48-51,54,56,58,62,66-67H,3-4,6,9-14,18-20,23-24,28,30-31,34-37,39-40H2,1-2H3,(H2-,63,70,71,72,73)/p+1/t48?,49?,50?,51?,54-,56?,58+,59-,60-,61+/m0/s1. The molecule has 0 radical (unpaired) electrons. The molecule has 1 saturated heterocycles. The molecule has 79 heavy (non-hydrogen) atoms. The number of ether oxygens (including phenoxy) is 4. The summed E-state index contributed by atoms with van der Waals surface area (Å²) in [7, 11) is -4.97. The molecule has 2 heterocycles. The zero-order valence-corrected chi connectivity index (χ0v) is 46.7. The van der Waals surface area contributed by atoms with Crippen molar-refractivity contribution in [3.05, 3.63) is 119 Å². The third-order valence-corrected chi connectivity index (χ3v) is 18.6. The summed E-state index contributed by atoms with van der Waals surface area (Å²) in [5, 5.41) is 29.2. The first kappa shape index (κ1) is 58.7. The fraction of sp³-hybridized carbons (Fsp3) is 0.590. The van der Waals surface area contributed by atoms with E-state index in [-0.39, 0.29) is 60.3 Å². The van der Waals surface area contributed by atoms with Crippen molar-refractivity contribution in [2.45, 2.75) is 153 Å². The highest BCUT2D eigenvalue weighted by Crippen LogP contribution is 2.70. The molecule has 6 N–H and O–H groups in total. The van der Waals surface area contributed by atoms with E-state index in [9.17, 15) is 43.7 Å². The minimum Gasteiger partial charge on any atom is -0.456 e.